The summed E-state index contributed by atoms with van der Waals surface area (Å²) in [5, 5.41) is 5.79. The van der Waals surface area contributed by atoms with Gasteiger partial charge in [0.1, 0.15) is 12.0 Å². The van der Waals surface area contributed by atoms with Gasteiger partial charge in [0.25, 0.3) is 5.91 Å². The van der Waals surface area contributed by atoms with Crippen molar-refractivity contribution in [2.75, 3.05) is 11.9 Å². The topological polar surface area (TPSA) is 71.1 Å². The third-order valence-electron chi connectivity index (χ3n) is 9.92. The molecule has 6 aromatic rings. The van der Waals surface area contributed by atoms with E-state index in [0.717, 1.165) is 28.8 Å². The van der Waals surface area contributed by atoms with Crippen molar-refractivity contribution in [3.05, 3.63) is 155 Å². The molecule has 11 heteroatoms. The van der Waals surface area contributed by atoms with E-state index in [2.05, 4.69) is 15.6 Å². The lowest BCUT2D eigenvalue weighted by Crippen LogP contribution is -2.47. The van der Waals surface area contributed by atoms with E-state index in [1.807, 2.05) is 54.6 Å². The van der Waals surface area contributed by atoms with Crippen LogP contribution in [0.4, 0.5) is 32.0 Å². The molecule has 0 atom stereocenters. The smallest absolute Gasteiger partial charge is 0.346 e. The van der Waals surface area contributed by atoms with Gasteiger partial charge in [0.05, 0.1) is 16.8 Å². The maximum atomic E-state index is 13.8. The van der Waals surface area contributed by atoms with Crippen LogP contribution in [0.1, 0.15) is 51.9 Å². The average molecular weight is 738 g/mol. The second-order valence-corrected chi connectivity index (χ2v) is 13.3. The van der Waals surface area contributed by atoms with E-state index in [1.54, 1.807) is 48.7 Å². The lowest BCUT2D eigenvalue weighted by atomic mass is 9.73. The zero-order valence-corrected chi connectivity index (χ0v) is 28.7. The highest BCUT2D eigenvalue weighted by molar-refractivity contribution is 6.11. The van der Waals surface area contributed by atoms with Gasteiger partial charge in [-0.2, -0.15) is 26.3 Å². The number of rotatable bonds is 10. The van der Waals surface area contributed by atoms with Crippen LogP contribution in [0.2, 0.25) is 0 Å². The molecule has 1 aliphatic carbocycles. The van der Waals surface area contributed by atoms with Crippen molar-refractivity contribution in [3.8, 4) is 22.3 Å². The number of hydrogen-bond acceptors (Lipinski definition) is 3. The maximum Gasteiger partial charge on any atom is 0.416 e. The highest BCUT2D eigenvalue weighted by atomic mass is 19.4. The number of carbonyl (C=O) groups excluding carboxylic acids is 2. The van der Waals surface area contributed by atoms with Crippen molar-refractivity contribution in [1.82, 2.24) is 10.3 Å². The van der Waals surface area contributed by atoms with E-state index in [0.29, 0.717) is 64.5 Å². The van der Waals surface area contributed by atoms with Crippen molar-refractivity contribution in [2.24, 2.45) is 0 Å². The lowest BCUT2D eigenvalue weighted by molar-refractivity contribution is -0.141. The lowest BCUT2D eigenvalue weighted by Gasteiger charge is -2.31. The van der Waals surface area contributed by atoms with Gasteiger partial charge in [-0.05, 0) is 88.5 Å². The van der Waals surface area contributed by atoms with E-state index in [-0.39, 0.29) is 5.56 Å². The van der Waals surface area contributed by atoms with E-state index < -0.39 is 41.7 Å². The van der Waals surface area contributed by atoms with E-state index in [1.165, 1.54) is 12.1 Å². The van der Waals surface area contributed by atoms with E-state index >= 15 is 0 Å². The number of anilines is 1. The minimum atomic E-state index is -4.55. The van der Waals surface area contributed by atoms with E-state index in [4.69, 9.17) is 0 Å². The largest absolute Gasteiger partial charge is 0.416 e. The van der Waals surface area contributed by atoms with E-state index in [9.17, 15) is 35.9 Å². The molecule has 0 radical (unpaired) electrons. The second-order valence-electron chi connectivity index (χ2n) is 13.3. The zero-order chi connectivity index (χ0) is 38.1. The average Bonchev–Trinajstić information content (AvgIpc) is 3.45. The molecular weight excluding hydrogens is 704 g/mol. The third kappa shape index (κ3) is 7.18. The van der Waals surface area contributed by atoms with Gasteiger partial charge in [-0.1, -0.05) is 97.4 Å². The van der Waals surface area contributed by atoms with Crippen LogP contribution in [0.3, 0.4) is 0 Å². The number of carbonyl (C=O) groups is 2. The quantitative estimate of drug-likeness (QED) is 0.109. The number of halogens is 6. The summed E-state index contributed by atoms with van der Waals surface area (Å²) < 4.78 is 79.1. The number of nitrogens with one attached hydrogen (secondary N) is 2. The SMILES string of the molecule is O=C(Nc1ccnc2cc(CCCCC3(C(=O)NCC(F)(F)F)c4ccccc4-c4ccccc43)ccc12)c1ccccc1-c1ccc(C(F)(F)F)cc1. The van der Waals surface area contributed by atoms with Gasteiger partial charge in [0.2, 0.25) is 5.91 Å². The maximum absolute atomic E-state index is 13.8. The van der Waals surface area contributed by atoms with Crippen LogP contribution < -0.4 is 10.6 Å². The number of pyridine rings is 1. The summed E-state index contributed by atoms with van der Waals surface area (Å²) in [6.07, 6.45) is -5.36. The van der Waals surface area contributed by atoms with Crippen LogP contribution in [0.15, 0.2) is 128 Å². The Balaban J connectivity index is 1.07. The number of unbranched alkanes of at least 4 members (excludes halogenated alkanes) is 1. The Hall–Kier alpha value is -5.97. The third-order valence-corrected chi connectivity index (χ3v) is 9.92. The summed E-state index contributed by atoms with van der Waals surface area (Å²) >= 11 is 0. The Morgan fingerprint density at radius 3 is 1.96 bits per heavy atom. The predicted molar refractivity (Wildman–Crippen MR) is 196 cm³/mol. The second kappa shape index (κ2) is 14.5. The minimum absolute atomic E-state index is 0.288. The molecule has 274 valence electrons. The highest BCUT2D eigenvalue weighted by Gasteiger charge is 2.49. The summed E-state index contributed by atoms with van der Waals surface area (Å²) in [7, 11) is 0. The first-order valence-electron chi connectivity index (χ1n) is 17.4. The van der Waals surface area contributed by atoms with Gasteiger partial charge in [-0.3, -0.25) is 14.6 Å². The number of amides is 2. The fourth-order valence-electron chi connectivity index (χ4n) is 7.42. The van der Waals surface area contributed by atoms with Crippen molar-refractivity contribution in [2.45, 2.75) is 43.5 Å². The van der Waals surface area contributed by atoms with Gasteiger partial charge in [0, 0.05) is 17.1 Å². The minimum Gasteiger partial charge on any atom is -0.346 e. The molecule has 2 amide bonds. The molecule has 1 heterocycles. The number of alkyl halides is 6. The van der Waals surface area contributed by atoms with Gasteiger partial charge >= 0.3 is 12.4 Å². The molecule has 5 aromatic carbocycles. The summed E-state index contributed by atoms with van der Waals surface area (Å²) in [5.74, 6) is -1.12. The van der Waals surface area contributed by atoms with Gasteiger partial charge in [-0.15, -0.1) is 0 Å². The molecule has 0 saturated carbocycles. The molecule has 5 nitrogen and oxygen atoms in total. The fraction of sp³-hybridized carbons (Fsp3) is 0.186. The highest BCUT2D eigenvalue weighted by Crippen LogP contribution is 2.51. The van der Waals surface area contributed by atoms with Crippen LogP contribution in [0.25, 0.3) is 33.2 Å². The number of aromatic nitrogens is 1. The summed E-state index contributed by atoms with van der Waals surface area (Å²) in [4.78, 5) is 31.9. The Labute approximate surface area is 307 Å². The van der Waals surface area contributed by atoms with Gasteiger partial charge in [-0.25, -0.2) is 0 Å². The number of nitrogens with zero attached hydrogens (tertiary/aromatic N) is 1. The van der Waals surface area contributed by atoms with Crippen LogP contribution >= 0.6 is 0 Å². The molecule has 1 aliphatic rings. The van der Waals surface area contributed by atoms with Gasteiger partial charge < -0.3 is 10.6 Å². The molecular formula is C43H33F6N3O2. The van der Waals surface area contributed by atoms with Crippen LogP contribution in [-0.2, 0) is 22.8 Å². The molecule has 54 heavy (non-hydrogen) atoms. The number of aryl methyl sites for hydroxylation is 1. The first kappa shape index (κ1) is 36.4. The molecule has 0 aliphatic heterocycles. The van der Waals surface area contributed by atoms with Crippen LogP contribution in [0, 0.1) is 0 Å². The van der Waals surface area contributed by atoms with Crippen LogP contribution in [-0.4, -0.2) is 29.5 Å². The molecule has 1 aromatic heterocycles. The summed E-state index contributed by atoms with van der Waals surface area (Å²) in [6.45, 7) is -1.42. The molecule has 7 rings (SSSR count). The van der Waals surface area contributed by atoms with Crippen molar-refractivity contribution < 1.29 is 35.9 Å². The number of fused-ring (bicyclic) bond motifs is 4. The summed E-state index contributed by atoms with van der Waals surface area (Å²) in [6, 6.07) is 33.4. The first-order valence-corrected chi connectivity index (χ1v) is 17.4. The van der Waals surface area contributed by atoms with Crippen molar-refractivity contribution in [1.29, 1.82) is 0 Å². The molecule has 0 saturated heterocycles. The Morgan fingerprint density at radius 2 is 1.31 bits per heavy atom. The number of hydrogen-bond donors (Lipinski definition) is 2. The van der Waals surface area contributed by atoms with Gasteiger partial charge in [0.15, 0.2) is 0 Å². The number of benzene rings is 5. The summed E-state index contributed by atoms with van der Waals surface area (Å²) in [5.41, 5.74) is 4.32. The standard InChI is InChI=1S/C43H33F6N3O2/c44-42(45,46)26-51-40(54)41(35-14-5-3-11-31(35)32-12-4-6-15-36(32)41)23-8-7-9-27-16-21-34-37(22-24-50-38(34)25-27)52-39(53)33-13-2-1-10-30(33)28-17-19-29(20-18-28)43(47,48)49/h1-6,10-22,24-25H,7-9,23,26H2,(H,51,54)(H,50,52,53). The monoisotopic (exact) mass is 737 g/mol. The molecule has 0 spiro atoms. The van der Waals surface area contributed by atoms with Crippen molar-refractivity contribution in [3.63, 3.8) is 0 Å². The molecule has 0 bridgehead atoms. The zero-order valence-electron chi connectivity index (χ0n) is 28.7. The first-order chi connectivity index (χ1) is 25.8. The normalized spacial score (nSPS) is 13.3. The van der Waals surface area contributed by atoms with Crippen molar-refractivity contribution >= 4 is 28.4 Å². The van der Waals surface area contributed by atoms with Crippen LogP contribution in [0.5, 0.6) is 0 Å². The molecule has 2 N–H and O–H groups in total. The Morgan fingerprint density at radius 1 is 0.685 bits per heavy atom. The fourth-order valence-corrected chi connectivity index (χ4v) is 7.42. The Kier molecular flexibility index (Phi) is 9.74. The molecule has 0 unspecified atom stereocenters. The Bertz CT molecular complexity index is 2310. The predicted octanol–water partition coefficient (Wildman–Crippen LogP) is 10.5. The molecule has 0 fully saturated rings.